The van der Waals surface area contributed by atoms with Crippen molar-refractivity contribution in [2.24, 2.45) is 0 Å². The highest BCUT2D eigenvalue weighted by Crippen LogP contribution is 2.22. The van der Waals surface area contributed by atoms with E-state index < -0.39 is 0 Å². The molecule has 0 saturated carbocycles. The topological polar surface area (TPSA) is 17.1 Å². The van der Waals surface area contributed by atoms with Crippen molar-refractivity contribution >= 4 is 24.7 Å². The second-order valence-electron chi connectivity index (χ2n) is 1.79. The van der Waals surface area contributed by atoms with Crippen LogP contribution in [0, 0.1) is 0 Å². The lowest BCUT2D eigenvalue weighted by molar-refractivity contribution is 0.108. The molecule has 10 heavy (non-hydrogen) atoms. The van der Waals surface area contributed by atoms with Crippen LogP contribution < -0.4 is 0 Å². The Kier molecular flexibility index (Phi) is 2.85. The molecule has 3 heteroatoms. The van der Waals surface area contributed by atoms with Gasteiger partial charge in [0.2, 0.25) is 0 Å². The Labute approximate surface area is 66.0 Å². The van der Waals surface area contributed by atoms with E-state index in [1.807, 2.05) is 18.2 Å². The molecule has 0 N–H and O–H groups in total. The molecule has 0 bridgehead atoms. The molecule has 1 aromatic rings. The van der Waals surface area contributed by atoms with Crippen LogP contribution in [0.1, 0.15) is 10.4 Å². The van der Waals surface area contributed by atoms with Crippen LogP contribution in [-0.4, -0.2) is 5.52 Å². The first kappa shape index (κ1) is 7.71. The molecule has 0 aliphatic rings. The number of hydrogen-bond acceptors (Lipinski definition) is 1. The van der Waals surface area contributed by atoms with E-state index in [9.17, 15) is 4.79 Å². The zero-order chi connectivity index (χ0) is 7.40. The zero-order valence-electron chi connectivity index (χ0n) is 5.17. The molecule has 52 valence electrons. The maximum absolute atomic E-state index is 10.9. The van der Waals surface area contributed by atoms with E-state index in [1.54, 1.807) is 12.1 Å². The van der Waals surface area contributed by atoms with Gasteiger partial charge in [-0.05, 0) is 0 Å². The van der Waals surface area contributed by atoms with E-state index >= 15 is 0 Å². The third kappa shape index (κ3) is 1.80. The lowest BCUT2D eigenvalue weighted by Crippen LogP contribution is -1.86. The lowest BCUT2D eigenvalue weighted by Gasteiger charge is -1.92. The molecule has 0 saturated heterocycles. The number of hydrogen-bond donors (Lipinski definition) is 0. The Morgan fingerprint density at radius 2 is 1.90 bits per heavy atom. The smallest absolute Gasteiger partial charge is 0.196 e. The van der Waals surface area contributed by atoms with Crippen molar-refractivity contribution < 1.29 is 4.79 Å². The predicted octanol–water partition coefficient (Wildman–Crippen LogP) is 2.66. The van der Waals surface area contributed by atoms with Crippen LogP contribution in [0.15, 0.2) is 30.3 Å². The second kappa shape index (κ2) is 3.70. The first-order chi connectivity index (χ1) is 4.84. The van der Waals surface area contributed by atoms with Crippen molar-refractivity contribution in [1.29, 1.82) is 0 Å². The Morgan fingerprint density at radius 3 is 2.40 bits per heavy atom. The zero-order valence-corrected chi connectivity index (χ0v) is 6.93. The summed E-state index contributed by atoms with van der Waals surface area (Å²) in [6.07, 6.45) is 0. The Morgan fingerprint density at radius 1 is 1.30 bits per heavy atom. The Hall–Kier alpha value is -0.390. The van der Waals surface area contributed by atoms with Gasteiger partial charge in [-0.2, -0.15) is 0 Å². The van der Waals surface area contributed by atoms with Crippen molar-refractivity contribution in [2.75, 3.05) is 0 Å². The van der Waals surface area contributed by atoms with E-state index in [-0.39, 0.29) is 13.5 Å². The van der Waals surface area contributed by atoms with Gasteiger partial charge in [0.1, 0.15) is 0 Å². The van der Waals surface area contributed by atoms with Gasteiger partial charge >= 0.3 is 0 Å². The average molecular weight is 173 g/mol. The summed E-state index contributed by atoms with van der Waals surface area (Å²) < 4.78 is 0. The molecule has 0 heterocycles. The molecule has 0 aliphatic heterocycles. The van der Waals surface area contributed by atoms with Crippen molar-refractivity contribution in [3.8, 4) is 0 Å². The van der Waals surface area contributed by atoms with Crippen LogP contribution in [-0.2, 0) is 0 Å². The Balaban J connectivity index is 2.85. The van der Waals surface area contributed by atoms with Crippen LogP contribution in [0.3, 0.4) is 0 Å². The molecule has 0 amide bonds. The number of benzene rings is 1. The molecule has 0 aliphatic carbocycles. The number of rotatable bonds is 2. The predicted molar refractivity (Wildman–Crippen MR) is 44.9 cm³/mol. The van der Waals surface area contributed by atoms with Crippen LogP contribution >= 0.6 is 19.2 Å². The fourth-order valence-electron chi connectivity index (χ4n) is 0.644. The van der Waals surface area contributed by atoms with Crippen LogP contribution in [0.4, 0.5) is 0 Å². The van der Waals surface area contributed by atoms with Gasteiger partial charge < -0.3 is 0 Å². The molecule has 1 rings (SSSR count). The fourth-order valence-corrected chi connectivity index (χ4v) is 1.25. The van der Waals surface area contributed by atoms with E-state index in [1.165, 1.54) is 0 Å². The molecule has 1 unspecified atom stereocenters. The van der Waals surface area contributed by atoms with E-state index in [4.69, 9.17) is 11.2 Å². The molecule has 1 aromatic carbocycles. The minimum Gasteiger partial charge on any atom is -0.288 e. The van der Waals surface area contributed by atoms with E-state index in [0.29, 0.717) is 5.56 Å². The standard InChI is InChI=1S/C7H6ClOP/c8-10-7(9)6-4-2-1-3-5-6/h1-5,10H. The molecule has 0 aromatic heterocycles. The molecule has 0 spiro atoms. The van der Waals surface area contributed by atoms with Crippen molar-refractivity contribution in [3.05, 3.63) is 35.9 Å². The van der Waals surface area contributed by atoms with Crippen LogP contribution in [0.5, 0.6) is 0 Å². The highest BCUT2D eigenvalue weighted by atomic mass is 35.7. The second-order valence-corrected chi connectivity index (χ2v) is 3.00. The van der Waals surface area contributed by atoms with Gasteiger partial charge in [0, 0.05) is 5.56 Å². The summed E-state index contributed by atoms with van der Waals surface area (Å²) in [7, 11) is -0.158. The van der Waals surface area contributed by atoms with Crippen LogP contribution in [0.2, 0.25) is 0 Å². The highest BCUT2D eigenvalue weighted by molar-refractivity contribution is 7.83. The third-order valence-electron chi connectivity index (χ3n) is 1.12. The summed E-state index contributed by atoms with van der Waals surface area (Å²) in [5.41, 5.74) is 0.693. The third-order valence-corrected chi connectivity index (χ3v) is 2.10. The lowest BCUT2D eigenvalue weighted by atomic mass is 10.2. The van der Waals surface area contributed by atoms with Gasteiger partial charge in [-0.1, -0.05) is 41.6 Å². The maximum Gasteiger partial charge on any atom is 0.196 e. The van der Waals surface area contributed by atoms with Crippen molar-refractivity contribution in [1.82, 2.24) is 0 Å². The minimum atomic E-state index is -0.158. The first-order valence-corrected chi connectivity index (χ1v) is 4.82. The molecule has 1 nitrogen and oxygen atoms in total. The molecule has 0 fully saturated rings. The Bertz CT molecular complexity index is 222. The fraction of sp³-hybridized carbons (Fsp3) is 0. The largest absolute Gasteiger partial charge is 0.288 e. The minimum absolute atomic E-state index is 0.00210. The number of halogens is 1. The van der Waals surface area contributed by atoms with Gasteiger partial charge in [-0.25, -0.2) is 0 Å². The normalized spacial score (nSPS) is 10.5. The summed E-state index contributed by atoms with van der Waals surface area (Å²) in [6.45, 7) is 0. The SMILES string of the molecule is O=C(PCl)c1ccccc1. The van der Waals surface area contributed by atoms with Crippen molar-refractivity contribution in [3.63, 3.8) is 0 Å². The van der Waals surface area contributed by atoms with Crippen molar-refractivity contribution in [2.45, 2.75) is 0 Å². The molecular formula is C7H6ClOP. The quantitative estimate of drug-likeness (QED) is 0.627. The summed E-state index contributed by atoms with van der Waals surface area (Å²) in [5.74, 6) is 0. The van der Waals surface area contributed by atoms with Gasteiger partial charge in [0.15, 0.2) is 5.52 Å². The van der Waals surface area contributed by atoms with Gasteiger partial charge in [0.05, 0.1) is 7.93 Å². The maximum atomic E-state index is 10.9. The van der Waals surface area contributed by atoms with E-state index in [0.717, 1.165) is 0 Å². The summed E-state index contributed by atoms with van der Waals surface area (Å²) >= 11 is 5.36. The van der Waals surface area contributed by atoms with Crippen LogP contribution in [0.25, 0.3) is 0 Å². The molecule has 0 radical (unpaired) electrons. The summed E-state index contributed by atoms with van der Waals surface area (Å²) in [4.78, 5) is 10.9. The average Bonchev–Trinajstić information content (AvgIpc) is 2.05. The number of carbonyl (C=O) groups is 1. The van der Waals surface area contributed by atoms with Gasteiger partial charge in [0.25, 0.3) is 0 Å². The number of carbonyl (C=O) groups excluding carboxylic acids is 1. The monoisotopic (exact) mass is 172 g/mol. The summed E-state index contributed by atoms with van der Waals surface area (Å²) in [6, 6.07) is 9.04. The van der Waals surface area contributed by atoms with Gasteiger partial charge in [-0.15, -0.1) is 0 Å². The first-order valence-electron chi connectivity index (χ1n) is 2.80. The van der Waals surface area contributed by atoms with Gasteiger partial charge in [-0.3, -0.25) is 4.79 Å². The molecular weight excluding hydrogens is 167 g/mol. The summed E-state index contributed by atoms with van der Waals surface area (Å²) in [5, 5.41) is 0. The molecule has 1 atom stereocenters. The van der Waals surface area contributed by atoms with E-state index in [2.05, 4.69) is 0 Å². The highest BCUT2D eigenvalue weighted by Gasteiger charge is 2.00.